The van der Waals surface area contributed by atoms with Crippen LogP contribution in [0.5, 0.6) is 23.0 Å². The van der Waals surface area contributed by atoms with Crippen molar-refractivity contribution < 1.29 is 52.6 Å². The second kappa shape index (κ2) is 19.9. The Morgan fingerprint density at radius 2 is 0.685 bits per heavy atom. The Bertz CT molecular complexity index is 3360. The zero-order valence-electron chi connectivity index (χ0n) is 38.2. The minimum atomic E-state index is -0.755. The van der Waals surface area contributed by atoms with Gasteiger partial charge in [-0.3, -0.25) is 28.8 Å². The van der Waals surface area contributed by atoms with Gasteiger partial charge in [-0.1, -0.05) is 97.1 Å². The minimum absolute atomic E-state index is 0.0511. The molecule has 0 aromatic heterocycles. The van der Waals surface area contributed by atoms with Crippen LogP contribution in [0.15, 0.2) is 206 Å². The highest BCUT2D eigenvalue weighted by molar-refractivity contribution is 6.35. The second-order valence-electron chi connectivity index (χ2n) is 16.5. The van der Waals surface area contributed by atoms with E-state index >= 15 is 0 Å². The molecule has 0 radical (unpaired) electrons. The Morgan fingerprint density at radius 3 is 1.05 bits per heavy atom. The third-order valence-corrected chi connectivity index (χ3v) is 11.8. The molecule has 352 valence electrons. The molecule has 2 heterocycles. The SMILES string of the molecule is O=C(/C=C/c1ccc(N2C(=O)c3ccc(C(=O)Oc4ccc(Oc5ccc(OC(=O)c6ccc7c(c6)C(=O)N(c6ccc(/C=C/C(=O)c8ccccc8)cc6)C7=O)cc5)cc4)cc3C2=O)cc1)c1ccccc1. The van der Waals surface area contributed by atoms with E-state index < -0.39 is 35.6 Å². The van der Waals surface area contributed by atoms with Gasteiger partial charge < -0.3 is 14.2 Å². The van der Waals surface area contributed by atoms with Gasteiger partial charge in [0.1, 0.15) is 23.0 Å². The lowest BCUT2D eigenvalue weighted by atomic mass is 10.1. The summed E-state index contributed by atoms with van der Waals surface area (Å²) in [5, 5.41) is 0. The number of esters is 2. The molecule has 13 nitrogen and oxygen atoms in total. The monoisotopic (exact) mass is 960 g/mol. The first-order valence-electron chi connectivity index (χ1n) is 22.6. The predicted molar refractivity (Wildman–Crippen MR) is 271 cm³/mol. The Kier molecular flexibility index (Phi) is 12.6. The van der Waals surface area contributed by atoms with Crippen molar-refractivity contribution >= 4 is 70.7 Å². The molecule has 0 saturated carbocycles. The van der Waals surface area contributed by atoms with Crippen molar-refractivity contribution in [3.05, 3.63) is 262 Å². The number of carbonyl (C=O) groups excluding carboxylic acids is 8. The molecule has 8 aromatic carbocycles. The van der Waals surface area contributed by atoms with Gasteiger partial charge in [0, 0.05) is 11.1 Å². The quantitative estimate of drug-likeness (QED) is 0.0334. The van der Waals surface area contributed by atoms with Crippen molar-refractivity contribution in [1.82, 2.24) is 0 Å². The van der Waals surface area contributed by atoms with E-state index in [1.54, 1.807) is 133 Å². The lowest BCUT2D eigenvalue weighted by Crippen LogP contribution is -2.29. The number of ether oxygens (including phenoxy) is 3. The van der Waals surface area contributed by atoms with E-state index in [0.29, 0.717) is 45.1 Å². The van der Waals surface area contributed by atoms with Crippen LogP contribution in [0, 0.1) is 0 Å². The summed E-state index contributed by atoms with van der Waals surface area (Å²) in [6, 6.07) is 51.5. The van der Waals surface area contributed by atoms with Gasteiger partial charge in [0.25, 0.3) is 23.6 Å². The topological polar surface area (TPSA) is 171 Å². The van der Waals surface area contributed by atoms with Crippen LogP contribution in [0.25, 0.3) is 12.2 Å². The Labute approximate surface area is 416 Å². The van der Waals surface area contributed by atoms with E-state index in [2.05, 4.69) is 0 Å². The van der Waals surface area contributed by atoms with Crippen molar-refractivity contribution in [2.24, 2.45) is 0 Å². The van der Waals surface area contributed by atoms with Crippen molar-refractivity contribution in [2.45, 2.75) is 0 Å². The number of carbonyl (C=O) groups is 8. The number of imide groups is 2. The largest absolute Gasteiger partial charge is 0.457 e. The number of rotatable bonds is 14. The Hall–Kier alpha value is -10.4. The van der Waals surface area contributed by atoms with E-state index in [4.69, 9.17) is 14.2 Å². The molecule has 73 heavy (non-hydrogen) atoms. The van der Waals surface area contributed by atoms with Crippen LogP contribution in [-0.4, -0.2) is 47.1 Å². The maximum Gasteiger partial charge on any atom is 0.343 e. The zero-order valence-corrected chi connectivity index (χ0v) is 38.2. The standard InChI is InChI=1S/C60H36N2O11/c63-53(39-7-3-1-4-8-39)33-15-37-11-19-43(20-12-37)61-55(65)49-31-17-41(35-51(49)57(61)67)59(69)72-47-27-23-45(24-28-47)71-46-25-29-48(30-26-46)73-60(70)42-18-32-50-52(36-42)58(68)62(56(50)66)44-21-13-38(14-22-44)16-34-54(64)40-9-5-2-6-10-40/h1-36H/b33-15+,34-16+. The zero-order chi connectivity index (χ0) is 50.6. The highest BCUT2D eigenvalue weighted by Gasteiger charge is 2.38. The van der Waals surface area contributed by atoms with Crippen LogP contribution in [0.4, 0.5) is 11.4 Å². The molecule has 4 amide bonds. The molecular weight excluding hydrogens is 925 g/mol. The fourth-order valence-electron chi connectivity index (χ4n) is 8.03. The Balaban J connectivity index is 0.713. The van der Waals surface area contributed by atoms with Gasteiger partial charge in [0.05, 0.1) is 44.8 Å². The number of ketones is 2. The lowest BCUT2D eigenvalue weighted by Gasteiger charge is -2.13. The van der Waals surface area contributed by atoms with Gasteiger partial charge in [-0.05, 0) is 132 Å². The molecule has 0 aliphatic carbocycles. The molecule has 2 aliphatic heterocycles. The Morgan fingerprint density at radius 1 is 0.342 bits per heavy atom. The first-order chi connectivity index (χ1) is 35.5. The van der Waals surface area contributed by atoms with Crippen LogP contribution in [0.1, 0.15) is 94.0 Å². The molecule has 2 aliphatic rings. The van der Waals surface area contributed by atoms with E-state index in [1.807, 2.05) is 12.1 Å². The molecule has 0 unspecified atom stereocenters. The minimum Gasteiger partial charge on any atom is -0.457 e. The number of allylic oxidation sites excluding steroid dienone is 2. The molecule has 0 bridgehead atoms. The van der Waals surface area contributed by atoms with Gasteiger partial charge >= 0.3 is 11.9 Å². The average molecular weight is 961 g/mol. The van der Waals surface area contributed by atoms with E-state index in [9.17, 15) is 38.4 Å². The summed E-state index contributed by atoms with van der Waals surface area (Å²) >= 11 is 0. The first-order valence-corrected chi connectivity index (χ1v) is 22.6. The smallest absolute Gasteiger partial charge is 0.343 e. The van der Waals surface area contributed by atoms with Crippen LogP contribution in [-0.2, 0) is 0 Å². The number of hydrogen-bond donors (Lipinski definition) is 0. The average Bonchev–Trinajstić information content (AvgIpc) is 3.83. The summed E-state index contributed by atoms with van der Waals surface area (Å²) in [7, 11) is 0. The molecule has 0 saturated heterocycles. The number of anilines is 2. The lowest BCUT2D eigenvalue weighted by molar-refractivity contribution is 0.0725. The molecule has 0 spiro atoms. The van der Waals surface area contributed by atoms with Gasteiger partial charge in [-0.15, -0.1) is 0 Å². The third kappa shape index (κ3) is 9.78. The second-order valence-corrected chi connectivity index (χ2v) is 16.5. The van der Waals surface area contributed by atoms with Gasteiger partial charge in [0.2, 0.25) is 0 Å². The fourth-order valence-corrected chi connectivity index (χ4v) is 8.03. The molecule has 0 fully saturated rings. The summed E-state index contributed by atoms with van der Waals surface area (Å²) in [4.78, 5) is 107. The molecule has 8 aromatic rings. The fraction of sp³-hybridized carbons (Fsp3) is 0. The third-order valence-electron chi connectivity index (χ3n) is 11.8. The number of amides is 4. The summed E-state index contributed by atoms with van der Waals surface area (Å²) < 4.78 is 17.1. The van der Waals surface area contributed by atoms with Crippen molar-refractivity contribution in [3.63, 3.8) is 0 Å². The van der Waals surface area contributed by atoms with Crippen molar-refractivity contribution in [1.29, 1.82) is 0 Å². The number of nitrogens with zero attached hydrogens (tertiary/aromatic N) is 2. The number of fused-ring (bicyclic) bond motifs is 2. The normalized spacial score (nSPS) is 12.8. The van der Waals surface area contributed by atoms with E-state index in [-0.39, 0.29) is 56.4 Å². The molecular formula is C60H36N2O11. The summed E-state index contributed by atoms with van der Waals surface area (Å²) in [6.45, 7) is 0. The molecule has 0 N–H and O–H groups in total. The van der Waals surface area contributed by atoms with Crippen molar-refractivity contribution in [3.8, 4) is 23.0 Å². The summed E-state index contributed by atoms with van der Waals surface area (Å²) in [5.74, 6) is -2.96. The van der Waals surface area contributed by atoms with Gasteiger partial charge in [-0.2, -0.15) is 0 Å². The molecule has 13 heteroatoms. The van der Waals surface area contributed by atoms with Crippen LogP contribution >= 0.6 is 0 Å². The summed E-state index contributed by atoms with van der Waals surface area (Å²) in [6.07, 6.45) is 6.20. The maximum absolute atomic E-state index is 13.5. The van der Waals surface area contributed by atoms with Gasteiger partial charge in [-0.25, -0.2) is 19.4 Å². The van der Waals surface area contributed by atoms with Crippen LogP contribution in [0.2, 0.25) is 0 Å². The van der Waals surface area contributed by atoms with Gasteiger partial charge in [0.15, 0.2) is 11.6 Å². The summed E-state index contributed by atoms with van der Waals surface area (Å²) in [5.41, 5.74) is 3.63. The first kappa shape index (κ1) is 46.3. The molecule has 10 rings (SSSR count). The predicted octanol–water partition coefficient (Wildman–Crippen LogP) is 11.3. The molecule has 0 atom stereocenters. The number of benzene rings is 8. The maximum atomic E-state index is 13.5. The van der Waals surface area contributed by atoms with E-state index in [1.165, 1.54) is 72.8 Å². The van der Waals surface area contributed by atoms with E-state index in [0.717, 1.165) is 9.80 Å². The van der Waals surface area contributed by atoms with Crippen LogP contribution in [0.3, 0.4) is 0 Å². The highest BCUT2D eigenvalue weighted by atomic mass is 16.5. The van der Waals surface area contributed by atoms with Crippen molar-refractivity contribution in [2.75, 3.05) is 9.80 Å². The highest BCUT2D eigenvalue weighted by Crippen LogP contribution is 2.33. The number of hydrogen-bond acceptors (Lipinski definition) is 11. The van der Waals surface area contributed by atoms with Crippen LogP contribution < -0.4 is 24.0 Å².